The number of benzene rings is 2. The Kier molecular flexibility index (Phi) is 8.20. The van der Waals surface area contributed by atoms with Crippen LogP contribution in [0.3, 0.4) is 0 Å². The standard InChI is InChI=1S/C23H24FN3O5S/c1-4-30-18-11-14(12-19(31-5-2)20(18)32-6-3)21(28)26-27-22(29)17-13-33-23(25-17)15-9-7-8-10-16(15)24/h7-13H,4-6H2,1-3H3,(H,26,28)(H,27,29). The van der Waals surface area contributed by atoms with Gasteiger partial charge in [0, 0.05) is 16.5 Å². The molecule has 33 heavy (non-hydrogen) atoms. The highest BCUT2D eigenvalue weighted by Gasteiger charge is 2.20. The third kappa shape index (κ3) is 5.78. The van der Waals surface area contributed by atoms with Crippen molar-refractivity contribution < 1.29 is 28.2 Å². The van der Waals surface area contributed by atoms with Gasteiger partial charge in [0.2, 0.25) is 5.75 Å². The number of ether oxygens (including phenoxy) is 3. The molecule has 0 aliphatic rings. The number of nitrogens with one attached hydrogen (secondary N) is 2. The Balaban J connectivity index is 1.74. The highest BCUT2D eigenvalue weighted by atomic mass is 32.1. The number of amides is 2. The first-order valence-corrected chi connectivity index (χ1v) is 11.2. The van der Waals surface area contributed by atoms with Gasteiger partial charge in [-0.2, -0.15) is 0 Å². The molecule has 2 aromatic carbocycles. The van der Waals surface area contributed by atoms with Gasteiger partial charge >= 0.3 is 0 Å². The van der Waals surface area contributed by atoms with Crippen LogP contribution in [0.4, 0.5) is 4.39 Å². The second-order valence-electron chi connectivity index (χ2n) is 6.53. The Morgan fingerprint density at radius 3 is 2.15 bits per heavy atom. The first-order chi connectivity index (χ1) is 16.0. The number of nitrogens with zero attached hydrogens (tertiary/aromatic N) is 1. The number of rotatable bonds is 9. The third-order valence-corrected chi connectivity index (χ3v) is 5.18. The van der Waals surface area contributed by atoms with Gasteiger partial charge in [0.05, 0.1) is 19.8 Å². The lowest BCUT2D eigenvalue weighted by atomic mass is 10.1. The average molecular weight is 474 g/mol. The molecule has 3 aromatic rings. The van der Waals surface area contributed by atoms with Crippen LogP contribution in [-0.2, 0) is 0 Å². The minimum absolute atomic E-state index is 0.0512. The highest BCUT2D eigenvalue weighted by Crippen LogP contribution is 2.39. The molecular formula is C23H24FN3O5S. The zero-order valence-corrected chi connectivity index (χ0v) is 19.3. The van der Waals surface area contributed by atoms with Gasteiger partial charge in [-0.3, -0.25) is 20.4 Å². The molecule has 8 nitrogen and oxygen atoms in total. The smallest absolute Gasteiger partial charge is 0.289 e. The van der Waals surface area contributed by atoms with E-state index in [9.17, 15) is 14.0 Å². The van der Waals surface area contributed by atoms with E-state index in [2.05, 4.69) is 15.8 Å². The quantitative estimate of drug-likeness (QED) is 0.452. The van der Waals surface area contributed by atoms with Crippen LogP contribution in [0.15, 0.2) is 41.8 Å². The number of hydrogen-bond donors (Lipinski definition) is 2. The number of hydrogen-bond acceptors (Lipinski definition) is 7. The molecule has 2 N–H and O–H groups in total. The van der Waals surface area contributed by atoms with Crippen LogP contribution in [0.1, 0.15) is 41.6 Å². The first-order valence-electron chi connectivity index (χ1n) is 10.4. The summed E-state index contributed by atoms with van der Waals surface area (Å²) in [7, 11) is 0. The lowest BCUT2D eigenvalue weighted by Crippen LogP contribution is -2.41. The topological polar surface area (TPSA) is 98.8 Å². The highest BCUT2D eigenvalue weighted by molar-refractivity contribution is 7.13. The first kappa shape index (κ1) is 24.0. The van der Waals surface area contributed by atoms with E-state index in [1.165, 1.54) is 23.6 Å². The predicted octanol–water partition coefficient (Wildman–Crippen LogP) is 4.22. The van der Waals surface area contributed by atoms with Crippen LogP contribution < -0.4 is 25.1 Å². The molecular weight excluding hydrogens is 449 g/mol. The van der Waals surface area contributed by atoms with Crippen molar-refractivity contribution in [3.63, 3.8) is 0 Å². The van der Waals surface area contributed by atoms with E-state index in [-0.39, 0.29) is 11.3 Å². The fourth-order valence-corrected chi connectivity index (χ4v) is 3.73. The minimum atomic E-state index is -0.636. The Hall–Kier alpha value is -3.66. The maximum absolute atomic E-state index is 14.0. The van der Waals surface area contributed by atoms with Crippen molar-refractivity contribution in [1.82, 2.24) is 15.8 Å². The molecule has 3 rings (SSSR count). The molecule has 0 bridgehead atoms. The monoisotopic (exact) mass is 473 g/mol. The second kappa shape index (κ2) is 11.3. The lowest BCUT2D eigenvalue weighted by Gasteiger charge is -2.17. The van der Waals surface area contributed by atoms with Crippen LogP contribution in [0.2, 0.25) is 0 Å². The number of halogens is 1. The third-order valence-electron chi connectivity index (χ3n) is 4.30. The lowest BCUT2D eigenvalue weighted by molar-refractivity contribution is 0.0844. The molecule has 0 saturated carbocycles. The van der Waals surface area contributed by atoms with Gasteiger partial charge in [0.15, 0.2) is 11.5 Å². The maximum atomic E-state index is 14.0. The van der Waals surface area contributed by atoms with Gasteiger partial charge in [-0.15, -0.1) is 11.3 Å². The Morgan fingerprint density at radius 1 is 0.939 bits per heavy atom. The number of aromatic nitrogens is 1. The van der Waals surface area contributed by atoms with Crippen LogP contribution in [-0.4, -0.2) is 36.6 Å². The van der Waals surface area contributed by atoms with Crippen LogP contribution in [0, 0.1) is 5.82 Å². The number of carbonyl (C=O) groups excluding carboxylic acids is 2. The predicted molar refractivity (Wildman–Crippen MR) is 122 cm³/mol. The van der Waals surface area contributed by atoms with Crippen LogP contribution in [0.5, 0.6) is 17.2 Å². The second-order valence-corrected chi connectivity index (χ2v) is 7.38. The van der Waals surface area contributed by atoms with E-state index < -0.39 is 17.6 Å². The fraction of sp³-hybridized carbons (Fsp3) is 0.261. The van der Waals surface area contributed by atoms with Crippen molar-refractivity contribution in [3.8, 4) is 27.8 Å². The van der Waals surface area contributed by atoms with Gasteiger partial charge in [0.1, 0.15) is 16.5 Å². The zero-order chi connectivity index (χ0) is 23.8. The molecule has 0 unspecified atom stereocenters. The maximum Gasteiger partial charge on any atom is 0.289 e. The summed E-state index contributed by atoms with van der Waals surface area (Å²) in [4.78, 5) is 29.3. The molecule has 0 fully saturated rings. The molecule has 1 aromatic heterocycles. The van der Waals surface area contributed by atoms with Gasteiger partial charge in [-0.25, -0.2) is 9.37 Å². The van der Waals surface area contributed by atoms with E-state index in [0.717, 1.165) is 11.3 Å². The zero-order valence-electron chi connectivity index (χ0n) is 18.4. The van der Waals surface area contributed by atoms with E-state index in [1.807, 2.05) is 20.8 Å². The van der Waals surface area contributed by atoms with Gasteiger partial charge in [0.25, 0.3) is 11.8 Å². The average Bonchev–Trinajstić information content (AvgIpc) is 3.30. The van der Waals surface area contributed by atoms with Gasteiger partial charge in [-0.1, -0.05) is 12.1 Å². The summed E-state index contributed by atoms with van der Waals surface area (Å²) in [6, 6.07) is 9.18. The molecule has 0 atom stereocenters. The Morgan fingerprint density at radius 2 is 1.55 bits per heavy atom. The SMILES string of the molecule is CCOc1cc(C(=O)NNC(=O)c2csc(-c3ccccc3F)n2)cc(OCC)c1OCC. The minimum Gasteiger partial charge on any atom is -0.490 e. The normalized spacial score (nSPS) is 10.4. The molecule has 1 heterocycles. The molecule has 0 aliphatic heterocycles. The van der Waals surface area contributed by atoms with E-state index in [4.69, 9.17) is 14.2 Å². The molecule has 0 radical (unpaired) electrons. The molecule has 0 spiro atoms. The van der Waals surface area contributed by atoms with Crippen LogP contribution in [0.25, 0.3) is 10.6 Å². The van der Waals surface area contributed by atoms with E-state index in [1.54, 1.807) is 18.2 Å². The van der Waals surface area contributed by atoms with Crippen molar-refractivity contribution in [2.24, 2.45) is 0 Å². The van der Waals surface area contributed by atoms with Gasteiger partial charge < -0.3 is 14.2 Å². The van der Waals surface area contributed by atoms with Crippen molar-refractivity contribution in [3.05, 3.63) is 58.9 Å². The molecule has 174 valence electrons. The van der Waals surface area contributed by atoms with E-state index in [0.29, 0.717) is 47.6 Å². The van der Waals surface area contributed by atoms with Crippen molar-refractivity contribution in [2.45, 2.75) is 20.8 Å². The summed E-state index contributed by atoms with van der Waals surface area (Å²) >= 11 is 1.13. The largest absolute Gasteiger partial charge is 0.490 e. The molecule has 2 amide bonds. The number of hydrazine groups is 1. The Bertz CT molecular complexity index is 1110. The van der Waals surface area contributed by atoms with Crippen molar-refractivity contribution in [1.29, 1.82) is 0 Å². The summed E-state index contributed by atoms with van der Waals surface area (Å²) < 4.78 is 30.8. The van der Waals surface area contributed by atoms with Crippen molar-refractivity contribution >= 4 is 23.2 Å². The number of thiazole rings is 1. The fourth-order valence-electron chi connectivity index (χ4n) is 2.91. The van der Waals surface area contributed by atoms with Crippen molar-refractivity contribution in [2.75, 3.05) is 19.8 Å². The van der Waals surface area contributed by atoms with Gasteiger partial charge in [-0.05, 0) is 45.0 Å². The molecule has 0 saturated heterocycles. The summed E-state index contributed by atoms with van der Waals surface area (Å²) in [6.45, 7) is 6.57. The summed E-state index contributed by atoms with van der Waals surface area (Å²) in [6.07, 6.45) is 0. The van der Waals surface area contributed by atoms with Crippen LogP contribution >= 0.6 is 11.3 Å². The summed E-state index contributed by atoms with van der Waals surface area (Å²) in [5.74, 6) is -0.532. The van der Waals surface area contributed by atoms with E-state index >= 15 is 0 Å². The Labute approximate surface area is 194 Å². The molecule has 10 heteroatoms. The summed E-state index contributed by atoms with van der Waals surface area (Å²) in [5.41, 5.74) is 5.22. The summed E-state index contributed by atoms with van der Waals surface area (Å²) in [5, 5.41) is 1.85. The number of carbonyl (C=O) groups is 2. The molecule has 0 aliphatic carbocycles.